The quantitative estimate of drug-likeness (QED) is 0.863. The Morgan fingerprint density at radius 1 is 1.50 bits per heavy atom. The van der Waals surface area contributed by atoms with Crippen LogP contribution in [0.4, 0.5) is 0 Å². The maximum Gasteiger partial charge on any atom is 0.306 e. The first-order chi connectivity index (χ1) is 9.45. The molecule has 0 heterocycles. The van der Waals surface area contributed by atoms with E-state index in [1.807, 2.05) is 26.8 Å². The number of carboxylic acids is 1. The standard InChI is InChI=1S/C16H21ClO3/c1-4-20-15-9(2)7-14(17)10(3)12(15)6-5-11-8-13(11)16(18)19/h7,11,13H,4-6,8H2,1-3H3,(H,18,19). The minimum absolute atomic E-state index is 0.147. The summed E-state index contributed by atoms with van der Waals surface area (Å²) in [4.78, 5) is 10.9. The van der Waals surface area contributed by atoms with Crippen molar-refractivity contribution in [2.45, 2.75) is 40.0 Å². The Hall–Kier alpha value is -1.22. The third kappa shape index (κ3) is 3.09. The fraction of sp³-hybridized carbons (Fsp3) is 0.562. The molecule has 2 unspecified atom stereocenters. The molecule has 1 aliphatic carbocycles. The van der Waals surface area contributed by atoms with Gasteiger partial charge in [-0.15, -0.1) is 0 Å². The normalized spacial score (nSPS) is 20.8. The fourth-order valence-corrected chi connectivity index (χ4v) is 3.04. The smallest absolute Gasteiger partial charge is 0.306 e. The molecule has 0 amide bonds. The molecule has 0 saturated heterocycles. The predicted octanol–water partition coefficient (Wildman–Crippen LogP) is 4.01. The minimum Gasteiger partial charge on any atom is -0.493 e. The summed E-state index contributed by atoms with van der Waals surface area (Å²) in [5, 5.41) is 9.71. The number of hydrogen-bond donors (Lipinski definition) is 1. The molecule has 20 heavy (non-hydrogen) atoms. The second kappa shape index (κ2) is 6.04. The number of benzene rings is 1. The number of halogens is 1. The van der Waals surface area contributed by atoms with Crippen LogP contribution in [0.25, 0.3) is 0 Å². The lowest BCUT2D eigenvalue weighted by atomic mass is 9.98. The van der Waals surface area contributed by atoms with Gasteiger partial charge in [-0.2, -0.15) is 0 Å². The maximum absolute atomic E-state index is 10.9. The van der Waals surface area contributed by atoms with Crippen LogP contribution in [-0.2, 0) is 11.2 Å². The van der Waals surface area contributed by atoms with Crippen LogP contribution in [0.2, 0.25) is 5.02 Å². The molecule has 0 radical (unpaired) electrons. The number of carboxylic acid groups (broad SMARTS) is 1. The zero-order chi connectivity index (χ0) is 14.9. The van der Waals surface area contributed by atoms with E-state index in [2.05, 4.69) is 0 Å². The maximum atomic E-state index is 10.9. The Balaban J connectivity index is 2.15. The highest BCUT2D eigenvalue weighted by Crippen LogP contribution is 2.43. The van der Waals surface area contributed by atoms with E-state index < -0.39 is 5.97 Å². The molecule has 1 aromatic carbocycles. The van der Waals surface area contributed by atoms with E-state index in [-0.39, 0.29) is 5.92 Å². The van der Waals surface area contributed by atoms with E-state index in [9.17, 15) is 4.79 Å². The van der Waals surface area contributed by atoms with Crippen LogP contribution >= 0.6 is 11.6 Å². The summed E-state index contributed by atoms with van der Waals surface area (Å²) in [6.45, 7) is 6.59. The summed E-state index contributed by atoms with van der Waals surface area (Å²) in [7, 11) is 0. The van der Waals surface area contributed by atoms with Crippen molar-refractivity contribution in [2.24, 2.45) is 11.8 Å². The van der Waals surface area contributed by atoms with Crippen molar-refractivity contribution in [1.82, 2.24) is 0 Å². The van der Waals surface area contributed by atoms with Crippen molar-refractivity contribution < 1.29 is 14.6 Å². The number of ether oxygens (including phenoxy) is 1. The van der Waals surface area contributed by atoms with Crippen molar-refractivity contribution in [2.75, 3.05) is 6.61 Å². The summed E-state index contributed by atoms with van der Waals surface area (Å²) >= 11 is 6.25. The number of aryl methyl sites for hydroxylation is 1. The van der Waals surface area contributed by atoms with Gasteiger partial charge in [0.2, 0.25) is 0 Å². The lowest BCUT2D eigenvalue weighted by Gasteiger charge is -2.17. The Kier molecular flexibility index (Phi) is 4.59. The zero-order valence-corrected chi connectivity index (χ0v) is 13.0. The molecule has 4 heteroatoms. The van der Waals surface area contributed by atoms with E-state index in [1.165, 1.54) is 0 Å². The Labute approximate surface area is 124 Å². The average molecular weight is 297 g/mol. The molecule has 3 nitrogen and oxygen atoms in total. The monoisotopic (exact) mass is 296 g/mol. The second-order valence-corrected chi connectivity index (χ2v) is 5.93. The van der Waals surface area contributed by atoms with Crippen molar-refractivity contribution in [3.05, 3.63) is 27.8 Å². The number of rotatable bonds is 6. The van der Waals surface area contributed by atoms with E-state index in [0.717, 1.165) is 46.7 Å². The van der Waals surface area contributed by atoms with Crippen LogP contribution in [0, 0.1) is 25.7 Å². The van der Waals surface area contributed by atoms with Crippen LogP contribution in [0.1, 0.15) is 36.5 Å². The molecular formula is C16H21ClO3. The molecule has 1 saturated carbocycles. The van der Waals surface area contributed by atoms with Gasteiger partial charge in [0.25, 0.3) is 0 Å². The first-order valence-electron chi connectivity index (χ1n) is 7.09. The summed E-state index contributed by atoms with van der Waals surface area (Å²) in [5.74, 6) is 0.410. The van der Waals surface area contributed by atoms with E-state index in [0.29, 0.717) is 12.5 Å². The minimum atomic E-state index is -0.668. The molecule has 0 bridgehead atoms. The molecule has 1 aromatic rings. The zero-order valence-electron chi connectivity index (χ0n) is 12.2. The van der Waals surface area contributed by atoms with Crippen LogP contribution in [0.3, 0.4) is 0 Å². The highest BCUT2D eigenvalue weighted by Gasteiger charge is 2.42. The molecule has 2 atom stereocenters. The van der Waals surface area contributed by atoms with Crippen LogP contribution < -0.4 is 4.74 Å². The van der Waals surface area contributed by atoms with Crippen LogP contribution in [-0.4, -0.2) is 17.7 Å². The van der Waals surface area contributed by atoms with Crippen molar-refractivity contribution in [3.8, 4) is 5.75 Å². The van der Waals surface area contributed by atoms with Gasteiger partial charge in [-0.1, -0.05) is 11.6 Å². The van der Waals surface area contributed by atoms with Crippen molar-refractivity contribution in [3.63, 3.8) is 0 Å². The molecule has 1 fully saturated rings. The molecular weight excluding hydrogens is 276 g/mol. The van der Waals surface area contributed by atoms with Crippen molar-refractivity contribution >= 4 is 17.6 Å². The van der Waals surface area contributed by atoms with Gasteiger partial charge in [-0.3, -0.25) is 4.79 Å². The summed E-state index contributed by atoms with van der Waals surface area (Å²) in [6.07, 6.45) is 2.52. The third-order valence-electron chi connectivity index (χ3n) is 4.08. The van der Waals surface area contributed by atoms with Crippen LogP contribution in [0.5, 0.6) is 5.75 Å². The Bertz CT molecular complexity index is 525. The summed E-state index contributed by atoms with van der Waals surface area (Å²) in [5.41, 5.74) is 3.23. The first-order valence-corrected chi connectivity index (χ1v) is 7.47. The third-order valence-corrected chi connectivity index (χ3v) is 4.47. The van der Waals surface area contributed by atoms with Crippen LogP contribution in [0.15, 0.2) is 6.07 Å². The molecule has 0 aliphatic heterocycles. The average Bonchev–Trinajstić information content (AvgIpc) is 3.15. The van der Waals surface area contributed by atoms with Gasteiger partial charge in [0.1, 0.15) is 5.75 Å². The SMILES string of the molecule is CCOc1c(C)cc(Cl)c(C)c1CCC1CC1C(=O)O. The highest BCUT2D eigenvalue weighted by molar-refractivity contribution is 6.31. The van der Waals surface area contributed by atoms with Gasteiger partial charge in [-0.05, 0) is 68.7 Å². The lowest BCUT2D eigenvalue weighted by molar-refractivity contribution is -0.138. The fourth-order valence-electron chi connectivity index (χ4n) is 2.76. The molecule has 1 aliphatic rings. The molecule has 0 aromatic heterocycles. The van der Waals surface area contributed by atoms with Gasteiger partial charge < -0.3 is 9.84 Å². The first kappa shape index (κ1) is 15.2. The molecule has 1 N–H and O–H groups in total. The lowest BCUT2D eigenvalue weighted by Crippen LogP contribution is -2.04. The van der Waals surface area contributed by atoms with Gasteiger partial charge in [-0.25, -0.2) is 0 Å². The predicted molar refractivity (Wildman–Crippen MR) is 79.6 cm³/mol. The Morgan fingerprint density at radius 3 is 2.75 bits per heavy atom. The van der Waals surface area contributed by atoms with E-state index in [1.54, 1.807) is 0 Å². The highest BCUT2D eigenvalue weighted by atomic mass is 35.5. The van der Waals surface area contributed by atoms with Gasteiger partial charge in [0, 0.05) is 5.02 Å². The second-order valence-electron chi connectivity index (χ2n) is 5.52. The Morgan fingerprint density at radius 2 is 2.20 bits per heavy atom. The van der Waals surface area contributed by atoms with E-state index in [4.69, 9.17) is 21.4 Å². The topological polar surface area (TPSA) is 46.5 Å². The summed E-state index contributed by atoms with van der Waals surface area (Å²) < 4.78 is 5.76. The van der Waals surface area contributed by atoms with Gasteiger partial charge in [0.15, 0.2) is 0 Å². The van der Waals surface area contributed by atoms with Gasteiger partial charge >= 0.3 is 5.97 Å². The number of hydrogen-bond acceptors (Lipinski definition) is 2. The number of carbonyl (C=O) groups is 1. The van der Waals surface area contributed by atoms with E-state index >= 15 is 0 Å². The van der Waals surface area contributed by atoms with Gasteiger partial charge in [0.05, 0.1) is 12.5 Å². The molecule has 2 rings (SSSR count). The van der Waals surface area contributed by atoms with Crippen molar-refractivity contribution in [1.29, 1.82) is 0 Å². The summed E-state index contributed by atoms with van der Waals surface area (Å²) in [6, 6.07) is 1.93. The number of aliphatic carboxylic acids is 1. The largest absolute Gasteiger partial charge is 0.493 e. The molecule has 110 valence electrons. The molecule has 0 spiro atoms.